The number of hydrogen-bond acceptors (Lipinski definition) is 5. The number of alkyl halides is 2. The molecule has 0 saturated heterocycles. The lowest BCUT2D eigenvalue weighted by atomic mass is 10.3. The number of anilines is 1. The van der Waals surface area contributed by atoms with Crippen LogP contribution >= 0.6 is 0 Å². The molecule has 0 atom stereocenters. The molecular weight excluding hydrogens is 318 g/mol. The number of imidazole rings is 1. The minimum absolute atomic E-state index is 0.0448. The van der Waals surface area contributed by atoms with Gasteiger partial charge in [-0.05, 0) is 19.1 Å². The van der Waals surface area contributed by atoms with E-state index in [-0.39, 0.29) is 17.2 Å². The van der Waals surface area contributed by atoms with Gasteiger partial charge in [0.1, 0.15) is 17.8 Å². The molecule has 9 heteroatoms. The molecule has 1 N–H and O–H groups in total. The molecule has 0 radical (unpaired) electrons. The van der Waals surface area contributed by atoms with Crippen LogP contribution < -0.4 is 5.32 Å². The molecule has 0 saturated carbocycles. The highest BCUT2D eigenvalue weighted by Gasteiger charge is 2.14. The first-order valence-electron chi connectivity index (χ1n) is 6.92. The highest BCUT2D eigenvalue weighted by atomic mass is 19.3. The maximum Gasteiger partial charge on any atom is 0.293 e. The lowest BCUT2D eigenvalue weighted by molar-refractivity contribution is 0.101. The van der Waals surface area contributed by atoms with E-state index >= 15 is 0 Å². The average Bonchev–Trinajstić information content (AvgIpc) is 3.09. The number of pyridine rings is 1. The van der Waals surface area contributed by atoms with Gasteiger partial charge in [-0.1, -0.05) is 0 Å². The summed E-state index contributed by atoms with van der Waals surface area (Å²) in [7, 11) is 0. The first kappa shape index (κ1) is 15.7. The molecule has 0 aliphatic heterocycles. The molecule has 24 heavy (non-hydrogen) atoms. The van der Waals surface area contributed by atoms with E-state index in [0.29, 0.717) is 11.5 Å². The molecule has 0 aromatic carbocycles. The Morgan fingerprint density at radius 2 is 2.12 bits per heavy atom. The number of nitrogens with one attached hydrogen (secondary N) is 1. The summed E-state index contributed by atoms with van der Waals surface area (Å²) in [4.78, 5) is 28.0. The van der Waals surface area contributed by atoms with Gasteiger partial charge in [-0.2, -0.15) is 0 Å². The minimum atomic E-state index is -2.66. The second-order valence-corrected chi connectivity index (χ2v) is 4.89. The number of aromatic nitrogens is 5. The average molecular weight is 330 g/mol. The van der Waals surface area contributed by atoms with Crippen molar-refractivity contribution < 1.29 is 13.6 Å². The Balaban J connectivity index is 1.82. The smallest absolute Gasteiger partial charge is 0.293 e. The normalized spacial score (nSPS) is 10.8. The van der Waals surface area contributed by atoms with Crippen LogP contribution in [0.5, 0.6) is 0 Å². The van der Waals surface area contributed by atoms with Crippen LogP contribution in [-0.2, 0) is 0 Å². The third-order valence-electron chi connectivity index (χ3n) is 3.08. The van der Waals surface area contributed by atoms with Gasteiger partial charge >= 0.3 is 0 Å². The predicted octanol–water partition coefficient (Wildman–Crippen LogP) is 2.56. The van der Waals surface area contributed by atoms with Crippen molar-refractivity contribution in [2.45, 2.75) is 13.3 Å². The van der Waals surface area contributed by atoms with Gasteiger partial charge in [0.05, 0.1) is 11.9 Å². The fourth-order valence-corrected chi connectivity index (χ4v) is 1.98. The molecule has 7 nitrogen and oxygen atoms in total. The Kier molecular flexibility index (Phi) is 4.23. The number of halogens is 2. The van der Waals surface area contributed by atoms with Crippen molar-refractivity contribution in [3.05, 3.63) is 60.3 Å². The second-order valence-electron chi connectivity index (χ2n) is 4.89. The van der Waals surface area contributed by atoms with E-state index in [1.54, 1.807) is 36.3 Å². The zero-order chi connectivity index (χ0) is 17.1. The molecule has 122 valence electrons. The Morgan fingerprint density at radius 3 is 2.75 bits per heavy atom. The van der Waals surface area contributed by atoms with E-state index in [9.17, 15) is 13.6 Å². The van der Waals surface area contributed by atoms with E-state index in [1.165, 1.54) is 6.07 Å². The number of aryl methyl sites for hydroxylation is 1. The lowest BCUT2D eigenvalue weighted by Crippen LogP contribution is -2.17. The maximum absolute atomic E-state index is 12.5. The van der Waals surface area contributed by atoms with Crippen molar-refractivity contribution in [1.29, 1.82) is 0 Å². The van der Waals surface area contributed by atoms with Gasteiger partial charge in [0.25, 0.3) is 12.3 Å². The lowest BCUT2D eigenvalue weighted by Gasteiger charge is -2.08. The quantitative estimate of drug-likeness (QED) is 0.794. The fraction of sp³-hybridized carbons (Fsp3) is 0.133. The van der Waals surface area contributed by atoms with Gasteiger partial charge in [0.15, 0.2) is 0 Å². The fourth-order valence-electron chi connectivity index (χ4n) is 1.98. The number of rotatable bonds is 4. The Bertz CT molecular complexity index is 849. The monoisotopic (exact) mass is 330 g/mol. The molecule has 0 aliphatic rings. The summed E-state index contributed by atoms with van der Waals surface area (Å²) < 4.78 is 26.6. The summed E-state index contributed by atoms with van der Waals surface area (Å²) in [6, 6.07) is 4.20. The molecule has 3 heterocycles. The van der Waals surface area contributed by atoms with Crippen LogP contribution in [0.25, 0.3) is 5.82 Å². The summed E-state index contributed by atoms with van der Waals surface area (Å²) in [6.45, 7) is 1.73. The van der Waals surface area contributed by atoms with Gasteiger partial charge in [0, 0.05) is 24.2 Å². The third-order valence-corrected chi connectivity index (χ3v) is 3.08. The Morgan fingerprint density at radius 1 is 1.29 bits per heavy atom. The van der Waals surface area contributed by atoms with E-state index in [1.807, 2.05) is 0 Å². The van der Waals surface area contributed by atoms with E-state index in [2.05, 4.69) is 25.3 Å². The van der Waals surface area contributed by atoms with Crippen molar-refractivity contribution in [1.82, 2.24) is 24.5 Å². The van der Waals surface area contributed by atoms with Crippen LogP contribution in [0.1, 0.15) is 28.4 Å². The van der Waals surface area contributed by atoms with Gasteiger partial charge in [0.2, 0.25) is 5.82 Å². The van der Waals surface area contributed by atoms with Crippen LogP contribution in [0, 0.1) is 6.92 Å². The number of hydrogen-bond donors (Lipinski definition) is 1. The van der Waals surface area contributed by atoms with Crippen molar-refractivity contribution in [2.24, 2.45) is 0 Å². The molecule has 3 rings (SSSR count). The molecule has 0 unspecified atom stereocenters. The highest BCUT2D eigenvalue weighted by molar-refractivity contribution is 6.01. The predicted molar refractivity (Wildman–Crippen MR) is 81.0 cm³/mol. The largest absolute Gasteiger partial charge is 0.318 e. The maximum atomic E-state index is 12.5. The van der Waals surface area contributed by atoms with Gasteiger partial charge in [-0.3, -0.25) is 14.3 Å². The Hall–Kier alpha value is -3.23. The molecule has 0 spiro atoms. The van der Waals surface area contributed by atoms with Gasteiger partial charge in [-0.25, -0.2) is 23.7 Å². The number of carbonyl (C=O) groups is 1. The molecule has 0 bridgehead atoms. The molecular formula is C15H12F2N6O. The van der Waals surface area contributed by atoms with Crippen molar-refractivity contribution in [3.63, 3.8) is 0 Å². The van der Waals surface area contributed by atoms with Crippen LogP contribution in [-0.4, -0.2) is 30.4 Å². The first-order chi connectivity index (χ1) is 11.5. The highest BCUT2D eigenvalue weighted by Crippen LogP contribution is 2.17. The Labute approximate surface area is 135 Å². The summed E-state index contributed by atoms with van der Waals surface area (Å²) in [5, 5.41) is 2.53. The van der Waals surface area contributed by atoms with E-state index in [0.717, 1.165) is 12.3 Å². The topological polar surface area (TPSA) is 85.6 Å². The van der Waals surface area contributed by atoms with Gasteiger partial charge < -0.3 is 5.32 Å². The summed E-state index contributed by atoms with van der Waals surface area (Å²) in [5.74, 6) is -0.111. The van der Waals surface area contributed by atoms with E-state index < -0.39 is 12.3 Å². The number of nitrogens with zero attached hydrogens (tertiary/aromatic N) is 5. The summed E-state index contributed by atoms with van der Waals surface area (Å²) >= 11 is 0. The van der Waals surface area contributed by atoms with Crippen LogP contribution in [0.4, 0.5) is 14.5 Å². The van der Waals surface area contributed by atoms with Crippen LogP contribution in [0.2, 0.25) is 0 Å². The number of carbonyl (C=O) groups excluding carboxylic acids is 1. The minimum Gasteiger partial charge on any atom is -0.318 e. The number of amides is 1. The van der Waals surface area contributed by atoms with Crippen molar-refractivity contribution >= 4 is 11.6 Å². The van der Waals surface area contributed by atoms with Crippen molar-refractivity contribution in [2.75, 3.05) is 5.32 Å². The van der Waals surface area contributed by atoms with Crippen LogP contribution in [0.3, 0.4) is 0 Å². The molecule has 1 amide bonds. The first-order valence-corrected chi connectivity index (χ1v) is 6.92. The third kappa shape index (κ3) is 3.40. The van der Waals surface area contributed by atoms with Gasteiger partial charge in [-0.15, -0.1) is 0 Å². The molecule has 0 fully saturated rings. The zero-order valence-electron chi connectivity index (χ0n) is 12.5. The second kappa shape index (κ2) is 6.49. The van der Waals surface area contributed by atoms with E-state index in [4.69, 9.17) is 0 Å². The summed E-state index contributed by atoms with van der Waals surface area (Å²) in [5.41, 5.74) is 0.519. The zero-order valence-corrected chi connectivity index (χ0v) is 12.5. The summed E-state index contributed by atoms with van der Waals surface area (Å²) in [6.07, 6.45) is 3.33. The molecule has 3 aromatic rings. The molecule has 3 aromatic heterocycles. The SMILES string of the molecule is Cc1cc(-n2ccnc2)nc(C(=O)Nc2ccc(C(F)F)nc2)n1. The van der Waals surface area contributed by atoms with Crippen molar-refractivity contribution in [3.8, 4) is 5.82 Å². The standard InChI is InChI=1S/C15H12F2N6O/c1-9-6-12(23-5-4-18-8-23)22-14(20-9)15(24)21-10-2-3-11(13(16)17)19-7-10/h2-8,13H,1H3,(H,21,24). The molecule has 0 aliphatic carbocycles. The van der Waals surface area contributed by atoms with Crippen LogP contribution in [0.15, 0.2) is 43.1 Å².